The van der Waals surface area contributed by atoms with E-state index in [9.17, 15) is 9.59 Å². The van der Waals surface area contributed by atoms with Gasteiger partial charge in [-0.1, -0.05) is 30.3 Å². The fourth-order valence-electron chi connectivity index (χ4n) is 4.68. The van der Waals surface area contributed by atoms with Crippen molar-refractivity contribution < 1.29 is 37.7 Å². The largest absolute Gasteiger partial charge is 0.497 e. The standard InChI is InChI=1S/C33H24O8/c1-36-21-10-13-26(38-3)20(15-21)16-29-31(34)24-12-9-23(18-28(24)40-29)39-33(35)30-25-17-22(37-2)11-14-27(25)41-32(30)19-7-5-4-6-8-19/h4-18H,1-3H3. The Morgan fingerprint density at radius 2 is 1.51 bits per heavy atom. The first-order valence-corrected chi connectivity index (χ1v) is 12.7. The number of ketones is 1. The highest BCUT2D eigenvalue weighted by molar-refractivity contribution is 6.15. The molecule has 0 aliphatic carbocycles. The van der Waals surface area contributed by atoms with Gasteiger partial charge in [0.15, 0.2) is 5.76 Å². The van der Waals surface area contributed by atoms with Gasteiger partial charge >= 0.3 is 5.97 Å². The fraction of sp³-hybridized carbons (Fsp3) is 0.0909. The van der Waals surface area contributed by atoms with Crippen molar-refractivity contribution >= 4 is 28.8 Å². The summed E-state index contributed by atoms with van der Waals surface area (Å²) >= 11 is 0. The van der Waals surface area contributed by atoms with Gasteiger partial charge in [0.2, 0.25) is 5.78 Å². The first kappa shape index (κ1) is 25.8. The second-order valence-electron chi connectivity index (χ2n) is 9.13. The average Bonchev–Trinajstić information content (AvgIpc) is 3.54. The van der Waals surface area contributed by atoms with Crippen LogP contribution in [-0.4, -0.2) is 33.1 Å². The zero-order valence-electron chi connectivity index (χ0n) is 22.4. The highest BCUT2D eigenvalue weighted by atomic mass is 16.5. The Morgan fingerprint density at radius 3 is 2.27 bits per heavy atom. The summed E-state index contributed by atoms with van der Waals surface area (Å²) in [5, 5.41) is 0.554. The van der Waals surface area contributed by atoms with Crippen LogP contribution in [0.25, 0.3) is 28.4 Å². The van der Waals surface area contributed by atoms with Crippen LogP contribution in [-0.2, 0) is 0 Å². The molecule has 41 heavy (non-hydrogen) atoms. The molecule has 0 radical (unpaired) electrons. The van der Waals surface area contributed by atoms with Crippen LogP contribution in [0.2, 0.25) is 0 Å². The van der Waals surface area contributed by atoms with Crippen molar-refractivity contribution in [1.29, 1.82) is 0 Å². The maximum atomic E-state index is 13.6. The molecule has 0 saturated heterocycles. The smallest absolute Gasteiger partial charge is 0.348 e. The summed E-state index contributed by atoms with van der Waals surface area (Å²) in [6.07, 6.45) is 1.59. The molecule has 0 spiro atoms. The fourth-order valence-corrected chi connectivity index (χ4v) is 4.68. The molecule has 204 valence electrons. The van der Waals surface area contributed by atoms with Crippen LogP contribution in [0.3, 0.4) is 0 Å². The number of Topliss-reactive ketones (excluding diaryl/α,β-unsaturated/α-hetero) is 1. The number of rotatable bonds is 7. The van der Waals surface area contributed by atoms with Crippen LogP contribution in [0.15, 0.2) is 95.1 Å². The molecule has 0 atom stereocenters. The maximum Gasteiger partial charge on any atom is 0.348 e. The highest BCUT2D eigenvalue weighted by Gasteiger charge is 2.30. The lowest BCUT2D eigenvalue weighted by Gasteiger charge is -2.08. The van der Waals surface area contributed by atoms with Gasteiger partial charge < -0.3 is 28.1 Å². The Kier molecular flexibility index (Phi) is 6.65. The molecule has 5 aromatic rings. The zero-order chi connectivity index (χ0) is 28.5. The molecule has 8 nitrogen and oxygen atoms in total. The molecule has 0 saturated carbocycles. The Balaban J connectivity index is 1.33. The third kappa shape index (κ3) is 4.76. The average molecular weight is 549 g/mol. The lowest BCUT2D eigenvalue weighted by Crippen LogP contribution is -2.09. The minimum Gasteiger partial charge on any atom is -0.497 e. The first-order chi connectivity index (χ1) is 20.0. The van der Waals surface area contributed by atoms with Crippen LogP contribution in [0.5, 0.6) is 28.7 Å². The van der Waals surface area contributed by atoms with Gasteiger partial charge in [0.1, 0.15) is 45.7 Å². The van der Waals surface area contributed by atoms with Crippen molar-refractivity contribution in [1.82, 2.24) is 0 Å². The lowest BCUT2D eigenvalue weighted by atomic mass is 10.1. The number of esters is 1. The van der Waals surface area contributed by atoms with Crippen LogP contribution < -0.4 is 23.7 Å². The van der Waals surface area contributed by atoms with E-state index in [0.717, 1.165) is 5.56 Å². The van der Waals surface area contributed by atoms with E-state index < -0.39 is 5.97 Å². The van der Waals surface area contributed by atoms with E-state index in [0.29, 0.717) is 45.1 Å². The summed E-state index contributed by atoms with van der Waals surface area (Å²) < 4.78 is 33.8. The van der Waals surface area contributed by atoms with Crippen molar-refractivity contribution in [3.63, 3.8) is 0 Å². The van der Waals surface area contributed by atoms with Crippen molar-refractivity contribution in [2.75, 3.05) is 21.3 Å². The van der Waals surface area contributed by atoms with E-state index in [1.54, 1.807) is 75.9 Å². The summed E-state index contributed by atoms with van der Waals surface area (Å²) in [5.74, 6) is 1.77. The molecule has 4 aromatic carbocycles. The summed E-state index contributed by atoms with van der Waals surface area (Å²) in [7, 11) is 4.65. The number of ether oxygens (including phenoxy) is 5. The molecule has 0 N–H and O–H groups in total. The third-order valence-electron chi connectivity index (χ3n) is 6.71. The number of carbonyl (C=O) groups is 2. The van der Waals surface area contributed by atoms with Crippen LogP contribution in [0.1, 0.15) is 26.3 Å². The second-order valence-corrected chi connectivity index (χ2v) is 9.13. The molecule has 8 heteroatoms. The summed E-state index contributed by atoms with van der Waals surface area (Å²) in [5.41, 5.74) is 2.46. The quantitative estimate of drug-likeness (QED) is 0.122. The minimum atomic E-state index is -0.628. The number of hydrogen-bond acceptors (Lipinski definition) is 8. The monoisotopic (exact) mass is 548 g/mol. The van der Waals surface area contributed by atoms with E-state index in [4.69, 9.17) is 28.1 Å². The van der Waals surface area contributed by atoms with Gasteiger partial charge in [-0.25, -0.2) is 4.79 Å². The van der Waals surface area contributed by atoms with Crippen molar-refractivity contribution in [3.8, 4) is 40.1 Å². The molecule has 1 aliphatic heterocycles. The van der Waals surface area contributed by atoms with Crippen LogP contribution in [0.4, 0.5) is 0 Å². The normalized spacial score (nSPS) is 13.1. The molecular formula is C33H24O8. The SMILES string of the molecule is COc1ccc(OC)c(C=C2Oc3cc(OC(=O)c4c(-c5ccccc5)oc5ccc(OC)cc45)ccc3C2=O)c1. The number of benzene rings is 4. The Hall–Kier alpha value is -5.50. The number of hydrogen-bond donors (Lipinski definition) is 0. The Bertz CT molecular complexity index is 1830. The third-order valence-corrected chi connectivity index (χ3v) is 6.71. The first-order valence-electron chi connectivity index (χ1n) is 12.7. The van der Waals surface area contributed by atoms with Crippen molar-refractivity contribution in [3.05, 3.63) is 107 Å². The topological polar surface area (TPSA) is 93.4 Å². The molecule has 6 rings (SSSR count). The predicted molar refractivity (Wildman–Crippen MR) is 152 cm³/mol. The molecule has 0 unspecified atom stereocenters. The van der Waals surface area contributed by atoms with Gasteiger partial charge in [0, 0.05) is 22.6 Å². The molecule has 1 aliphatic rings. The lowest BCUT2D eigenvalue weighted by molar-refractivity contribution is 0.0736. The zero-order valence-corrected chi connectivity index (χ0v) is 22.4. The van der Waals surface area contributed by atoms with Gasteiger partial charge in [0.25, 0.3) is 0 Å². The number of fused-ring (bicyclic) bond motifs is 2. The number of carbonyl (C=O) groups excluding carboxylic acids is 2. The number of furan rings is 1. The molecule has 0 bridgehead atoms. The van der Waals surface area contributed by atoms with Crippen LogP contribution in [0, 0.1) is 0 Å². The molecule has 0 amide bonds. The van der Waals surface area contributed by atoms with E-state index in [-0.39, 0.29) is 28.6 Å². The van der Waals surface area contributed by atoms with Crippen LogP contribution >= 0.6 is 0 Å². The molecule has 0 fully saturated rings. The van der Waals surface area contributed by atoms with Gasteiger partial charge in [-0.2, -0.15) is 0 Å². The van der Waals surface area contributed by atoms with Gasteiger partial charge in [-0.05, 0) is 54.6 Å². The number of allylic oxidation sites excluding steroid dienone is 1. The highest BCUT2D eigenvalue weighted by Crippen LogP contribution is 2.39. The number of methoxy groups -OCH3 is 3. The van der Waals surface area contributed by atoms with E-state index >= 15 is 0 Å². The van der Waals surface area contributed by atoms with E-state index in [1.165, 1.54) is 6.07 Å². The van der Waals surface area contributed by atoms with E-state index in [2.05, 4.69) is 0 Å². The van der Waals surface area contributed by atoms with Gasteiger partial charge in [0.05, 0.1) is 26.9 Å². The summed E-state index contributed by atoms with van der Waals surface area (Å²) in [4.78, 5) is 26.7. The molecule has 1 aromatic heterocycles. The summed E-state index contributed by atoms with van der Waals surface area (Å²) in [6, 6.07) is 24.4. The Labute approximate surface area is 235 Å². The summed E-state index contributed by atoms with van der Waals surface area (Å²) in [6.45, 7) is 0. The predicted octanol–water partition coefficient (Wildman–Crippen LogP) is 6.96. The molecular weight excluding hydrogens is 524 g/mol. The Morgan fingerprint density at radius 1 is 0.780 bits per heavy atom. The van der Waals surface area contributed by atoms with E-state index in [1.807, 2.05) is 30.3 Å². The maximum absolute atomic E-state index is 13.6. The van der Waals surface area contributed by atoms with Gasteiger partial charge in [-0.15, -0.1) is 0 Å². The van der Waals surface area contributed by atoms with Crippen molar-refractivity contribution in [2.45, 2.75) is 0 Å². The van der Waals surface area contributed by atoms with Crippen molar-refractivity contribution in [2.24, 2.45) is 0 Å². The molecule has 2 heterocycles. The second kappa shape index (κ2) is 10.6. The minimum absolute atomic E-state index is 0.106. The van der Waals surface area contributed by atoms with Gasteiger partial charge in [-0.3, -0.25) is 4.79 Å².